The Hall–Kier alpha value is -2.77. The van der Waals surface area contributed by atoms with Crippen LogP contribution in [-0.2, 0) is 20.8 Å². The summed E-state index contributed by atoms with van der Waals surface area (Å²) in [4.78, 5) is 39.9. The van der Waals surface area contributed by atoms with Gasteiger partial charge in [-0.1, -0.05) is 0 Å². The van der Waals surface area contributed by atoms with Gasteiger partial charge in [-0.25, -0.2) is 0 Å². The van der Waals surface area contributed by atoms with Crippen molar-refractivity contribution in [2.45, 2.75) is 31.8 Å². The summed E-state index contributed by atoms with van der Waals surface area (Å²) in [6.45, 7) is 2.54. The van der Waals surface area contributed by atoms with Crippen LogP contribution in [-0.4, -0.2) is 73.5 Å². The molecule has 3 rings (SSSR count). The number of fused-ring (bicyclic) bond motifs is 1. The smallest absolute Gasteiger partial charge is 0.242 e. The maximum absolute atomic E-state index is 12.8. The third-order valence-electron chi connectivity index (χ3n) is 5.02. The highest BCUT2D eigenvalue weighted by molar-refractivity contribution is 5.87. The number of carbonyl (C=O) groups excluding carboxylic acids is 3. The van der Waals surface area contributed by atoms with Crippen LogP contribution in [0, 0.1) is 0 Å². The molecular formula is C19H25N3O5. The zero-order chi connectivity index (χ0) is 19.6. The number of amides is 3. The zero-order valence-corrected chi connectivity index (χ0v) is 15.9. The van der Waals surface area contributed by atoms with E-state index >= 15 is 0 Å². The van der Waals surface area contributed by atoms with Gasteiger partial charge in [-0.2, -0.15) is 0 Å². The van der Waals surface area contributed by atoms with E-state index in [1.165, 1.54) is 6.92 Å². The molecule has 0 unspecified atom stereocenters. The Kier molecular flexibility index (Phi) is 5.53. The number of nitrogens with zero attached hydrogens (tertiary/aromatic N) is 2. The molecule has 2 atom stereocenters. The predicted molar refractivity (Wildman–Crippen MR) is 97.6 cm³/mol. The lowest BCUT2D eigenvalue weighted by atomic mass is 10.1. The third-order valence-corrected chi connectivity index (χ3v) is 5.02. The van der Waals surface area contributed by atoms with E-state index in [-0.39, 0.29) is 42.8 Å². The van der Waals surface area contributed by atoms with Gasteiger partial charge in [0.25, 0.3) is 0 Å². The lowest BCUT2D eigenvalue weighted by Gasteiger charge is -2.37. The molecule has 0 bridgehead atoms. The minimum Gasteiger partial charge on any atom is -0.497 e. The molecule has 2 aliphatic heterocycles. The van der Waals surface area contributed by atoms with E-state index in [0.717, 1.165) is 5.56 Å². The van der Waals surface area contributed by atoms with Crippen LogP contribution in [0.15, 0.2) is 18.2 Å². The summed E-state index contributed by atoms with van der Waals surface area (Å²) in [5.41, 5.74) is 0.772. The molecule has 8 heteroatoms. The van der Waals surface area contributed by atoms with Crippen LogP contribution in [0.25, 0.3) is 0 Å². The first-order valence-corrected chi connectivity index (χ1v) is 8.96. The largest absolute Gasteiger partial charge is 0.497 e. The molecule has 0 radical (unpaired) electrons. The lowest BCUT2D eigenvalue weighted by Crippen LogP contribution is -2.55. The normalized spacial score (nSPS) is 21.7. The number of rotatable bonds is 5. The molecule has 8 nitrogen and oxygen atoms in total. The van der Waals surface area contributed by atoms with Gasteiger partial charge < -0.3 is 24.6 Å². The highest BCUT2D eigenvalue weighted by Gasteiger charge is 2.41. The Morgan fingerprint density at radius 2 is 1.81 bits per heavy atom. The molecule has 0 saturated carbocycles. The van der Waals surface area contributed by atoms with Gasteiger partial charge in [0.2, 0.25) is 17.7 Å². The number of piperazine rings is 1. The van der Waals surface area contributed by atoms with Crippen molar-refractivity contribution in [2.24, 2.45) is 0 Å². The molecule has 27 heavy (non-hydrogen) atoms. The van der Waals surface area contributed by atoms with Crippen molar-refractivity contribution in [1.82, 2.24) is 15.1 Å². The van der Waals surface area contributed by atoms with Gasteiger partial charge in [-0.3, -0.25) is 14.4 Å². The molecule has 2 fully saturated rings. The fourth-order valence-electron chi connectivity index (χ4n) is 3.81. The monoisotopic (exact) mass is 375 g/mol. The Morgan fingerprint density at radius 3 is 2.41 bits per heavy atom. The van der Waals surface area contributed by atoms with Crippen LogP contribution in [0.3, 0.4) is 0 Å². The van der Waals surface area contributed by atoms with E-state index in [9.17, 15) is 14.4 Å². The number of hydrogen-bond acceptors (Lipinski definition) is 5. The molecule has 0 aliphatic carbocycles. The van der Waals surface area contributed by atoms with Gasteiger partial charge in [0.05, 0.1) is 33.2 Å². The molecule has 2 aliphatic rings. The van der Waals surface area contributed by atoms with Gasteiger partial charge in [-0.15, -0.1) is 0 Å². The fourth-order valence-corrected chi connectivity index (χ4v) is 3.81. The van der Waals surface area contributed by atoms with Crippen LogP contribution in [0.1, 0.15) is 18.9 Å². The van der Waals surface area contributed by atoms with Crippen molar-refractivity contribution in [3.05, 3.63) is 23.8 Å². The Bertz CT molecular complexity index is 729. The maximum Gasteiger partial charge on any atom is 0.242 e. The van der Waals surface area contributed by atoms with Crippen LogP contribution < -0.4 is 14.8 Å². The molecule has 1 N–H and O–H groups in total. The number of ether oxygens (including phenoxy) is 2. The Labute approximate surface area is 158 Å². The van der Waals surface area contributed by atoms with Gasteiger partial charge >= 0.3 is 0 Å². The van der Waals surface area contributed by atoms with Crippen molar-refractivity contribution in [1.29, 1.82) is 0 Å². The van der Waals surface area contributed by atoms with Crippen LogP contribution in [0.4, 0.5) is 0 Å². The third kappa shape index (κ3) is 4.32. The first-order valence-electron chi connectivity index (χ1n) is 8.96. The minimum atomic E-state index is -0.110. The number of hydrogen-bond donors (Lipinski definition) is 1. The molecule has 0 spiro atoms. The zero-order valence-electron chi connectivity index (χ0n) is 15.9. The average molecular weight is 375 g/mol. The minimum absolute atomic E-state index is 0.0471. The van der Waals surface area contributed by atoms with Crippen LogP contribution in [0.5, 0.6) is 11.5 Å². The molecule has 146 valence electrons. The van der Waals surface area contributed by atoms with E-state index < -0.39 is 0 Å². The van der Waals surface area contributed by atoms with Gasteiger partial charge in [0.1, 0.15) is 11.5 Å². The number of methoxy groups -OCH3 is 2. The summed E-state index contributed by atoms with van der Waals surface area (Å²) in [7, 11) is 3.12. The van der Waals surface area contributed by atoms with Gasteiger partial charge in [0, 0.05) is 32.1 Å². The molecule has 2 heterocycles. The molecule has 3 amide bonds. The predicted octanol–water partition coefficient (Wildman–Crippen LogP) is 0.194. The number of nitrogens with one attached hydrogen (secondary N) is 1. The van der Waals surface area contributed by atoms with Crippen molar-refractivity contribution in [2.75, 3.05) is 33.9 Å². The summed E-state index contributed by atoms with van der Waals surface area (Å²) < 4.78 is 10.5. The van der Waals surface area contributed by atoms with Crippen molar-refractivity contribution < 1.29 is 23.9 Å². The summed E-state index contributed by atoms with van der Waals surface area (Å²) in [5.74, 6) is 0.947. The highest BCUT2D eigenvalue weighted by Crippen LogP contribution is 2.25. The molecule has 1 aromatic carbocycles. The maximum atomic E-state index is 12.8. The molecule has 2 saturated heterocycles. The number of benzene rings is 1. The van der Waals surface area contributed by atoms with Crippen molar-refractivity contribution in [3.63, 3.8) is 0 Å². The van der Waals surface area contributed by atoms with Crippen LogP contribution in [0.2, 0.25) is 0 Å². The van der Waals surface area contributed by atoms with E-state index in [1.54, 1.807) is 42.2 Å². The lowest BCUT2D eigenvalue weighted by molar-refractivity contribution is -0.146. The summed E-state index contributed by atoms with van der Waals surface area (Å²) in [6, 6.07) is 5.24. The second-order valence-corrected chi connectivity index (χ2v) is 7.01. The summed E-state index contributed by atoms with van der Waals surface area (Å²) in [6.07, 6.45) is 0.838. The molecule has 0 aromatic heterocycles. The second-order valence-electron chi connectivity index (χ2n) is 7.01. The van der Waals surface area contributed by atoms with Crippen LogP contribution >= 0.6 is 0 Å². The second kappa shape index (κ2) is 7.85. The van der Waals surface area contributed by atoms with Gasteiger partial charge in [0.15, 0.2) is 0 Å². The summed E-state index contributed by atoms with van der Waals surface area (Å²) >= 11 is 0. The first-order chi connectivity index (χ1) is 12.9. The van der Waals surface area contributed by atoms with Crippen molar-refractivity contribution >= 4 is 17.7 Å². The average Bonchev–Trinajstić information content (AvgIpc) is 3.03. The van der Waals surface area contributed by atoms with E-state index in [0.29, 0.717) is 31.0 Å². The Morgan fingerprint density at radius 1 is 1.15 bits per heavy atom. The Balaban J connectivity index is 1.66. The fraction of sp³-hybridized carbons (Fsp3) is 0.526. The standard InChI is InChI=1S/C19H25N3O5/c1-12(23)20-14-7-15-10-21(11-19(25)22(15)9-14)18(24)6-13-4-16(26-2)8-17(5-13)27-3/h4-5,8,14-15H,6-7,9-11H2,1-3H3,(H,20,23)/t14-,15-/m0/s1. The summed E-state index contributed by atoms with van der Waals surface area (Å²) in [5, 5.41) is 2.86. The molecular weight excluding hydrogens is 350 g/mol. The highest BCUT2D eigenvalue weighted by atomic mass is 16.5. The topological polar surface area (TPSA) is 88.2 Å². The SMILES string of the molecule is COc1cc(CC(=O)N2CC(=O)N3C[C@@H](NC(C)=O)C[C@H]3C2)cc(OC)c1. The van der Waals surface area contributed by atoms with Gasteiger partial charge in [-0.05, 0) is 24.1 Å². The van der Waals surface area contributed by atoms with Crippen molar-refractivity contribution in [3.8, 4) is 11.5 Å². The number of carbonyl (C=O) groups is 3. The van der Waals surface area contributed by atoms with E-state index in [1.807, 2.05) is 0 Å². The van der Waals surface area contributed by atoms with E-state index in [2.05, 4.69) is 5.32 Å². The molecule has 1 aromatic rings. The van der Waals surface area contributed by atoms with E-state index in [4.69, 9.17) is 9.47 Å². The first kappa shape index (κ1) is 19.0. The quantitative estimate of drug-likeness (QED) is 0.794.